The zero-order chi connectivity index (χ0) is 16.3. The first-order valence-corrected chi connectivity index (χ1v) is 5.84. The molecule has 0 bridgehead atoms. The lowest BCUT2D eigenvalue weighted by Crippen LogP contribution is -2.44. The summed E-state index contributed by atoms with van der Waals surface area (Å²) in [6, 6.07) is 5.38. The quantitative estimate of drug-likeness (QED) is 0.835. The third kappa shape index (κ3) is 4.45. The van der Waals surface area contributed by atoms with E-state index >= 15 is 0 Å². The predicted octanol–water partition coefficient (Wildman–Crippen LogP) is 2.12. The Hall–Kier alpha value is -2.09. The summed E-state index contributed by atoms with van der Waals surface area (Å²) < 4.78 is 41.8. The van der Waals surface area contributed by atoms with Crippen molar-refractivity contribution in [2.75, 3.05) is 12.4 Å². The molecule has 1 aromatic rings. The molecule has 0 saturated carbocycles. The molecule has 116 valence electrons. The maximum atomic E-state index is 12.4. The van der Waals surface area contributed by atoms with Crippen LogP contribution in [0.2, 0.25) is 0 Å². The summed E-state index contributed by atoms with van der Waals surface area (Å²) in [5.74, 6) is -1.57. The van der Waals surface area contributed by atoms with Crippen molar-refractivity contribution in [3.63, 3.8) is 0 Å². The molecule has 1 amide bonds. The minimum absolute atomic E-state index is 0.200. The van der Waals surface area contributed by atoms with Gasteiger partial charge in [-0.1, -0.05) is 0 Å². The Labute approximate surface area is 118 Å². The first kappa shape index (κ1) is 17.0. The molecule has 0 aliphatic heterocycles. The standard InChI is InChI=1S/C13H14F3NO4/c1-12(20,13(14,15)16)7-10(18)17-9-5-3-8(4-6-9)11(19)21-2/h3-6,20H,7H2,1-2H3,(H,17,18)/t12-/m1/s1. The summed E-state index contributed by atoms with van der Waals surface area (Å²) >= 11 is 0. The van der Waals surface area contributed by atoms with E-state index in [2.05, 4.69) is 10.1 Å². The van der Waals surface area contributed by atoms with Crippen molar-refractivity contribution in [1.29, 1.82) is 0 Å². The van der Waals surface area contributed by atoms with Crippen LogP contribution in [0.25, 0.3) is 0 Å². The zero-order valence-corrected chi connectivity index (χ0v) is 11.3. The van der Waals surface area contributed by atoms with Gasteiger partial charge in [0.15, 0.2) is 5.60 Å². The molecule has 0 aliphatic rings. The van der Waals surface area contributed by atoms with Gasteiger partial charge >= 0.3 is 12.1 Å². The van der Waals surface area contributed by atoms with Crippen LogP contribution in [0.5, 0.6) is 0 Å². The molecule has 8 heteroatoms. The monoisotopic (exact) mass is 305 g/mol. The van der Waals surface area contributed by atoms with Crippen molar-refractivity contribution in [1.82, 2.24) is 0 Å². The first-order chi connectivity index (χ1) is 9.56. The van der Waals surface area contributed by atoms with E-state index in [0.29, 0.717) is 6.92 Å². The average molecular weight is 305 g/mol. The summed E-state index contributed by atoms with van der Waals surface area (Å²) in [6.07, 6.45) is -6.03. The molecule has 0 aliphatic carbocycles. The molecule has 0 radical (unpaired) electrons. The Morgan fingerprint density at radius 3 is 2.19 bits per heavy atom. The van der Waals surface area contributed by atoms with E-state index in [1.54, 1.807) is 0 Å². The number of rotatable bonds is 4. The highest BCUT2D eigenvalue weighted by Gasteiger charge is 2.50. The second-order valence-corrected chi connectivity index (χ2v) is 4.57. The molecule has 0 fully saturated rings. The molecule has 21 heavy (non-hydrogen) atoms. The molecular weight excluding hydrogens is 291 g/mol. The molecule has 1 aromatic carbocycles. The first-order valence-electron chi connectivity index (χ1n) is 5.84. The van der Waals surface area contributed by atoms with Crippen molar-refractivity contribution in [2.45, 2.75) is 25.1 Å². The van der Waals surface area contributed by atoms with Crippen molar-refractivity contribution in [3.05, 3.63) is 29.8 Å². The van der Waals surface area contributed by atoms with Gasteiger partial charge in [-0.25, -0.2) is 4.79 Å². The van der Waals surface area contributed by atoms with E-state index in [-0.39, 0.29) is 11.3 Å². The van der Waals surface area contributed by atoms with Crippen LogP contribution < -0.4 is 5.32 Å². The molecule has 0 saturated heterocycles. The number of hydrogen-bond donors (Lipinski definition) is 2. The number of carbonyl (C=O) groups excluding carboxylic acids is 2. The van der Waals surface area contributed by atoms with E-state index in [4.69, 9.17) is 0 Å². The highest BCUT2D eigenvalue weighted by atomic mass is 19.4. The number of aliphatic hydroxyl groups is 1. The number of halogens is 3. The van der Waals surface area contributed by atoms with Gasteiger partial charge < -0.3 is 15.2 Å². The van der Waals surface area contributed by atoms with Crippen LogP contribution in [0.3, 0.4) is 0 Å². The van der Waals surface area contributed by atoms with Crippen LogP contribution in [0.15, 0.2) is 24.3 Å². The van der Waals surface area contributed by atoms with Crippen molar-refractivity contribution < 1.29 is 32.6 Å². The fourth-order valence-electron chi connectivity index (χ4n) is 1.43. The van der Waals surface area contributed by atoms with Crippen LogP contribution in [-0.2, 0) is 9.53 Å². The Balaban J connectivity index is 2.70. The molecule has 0 heterocycles. The van der Waals surface area contributed by atoms with Crippen LogP contribution in [0, 0.1) is 0 Å². The summed E-state index contributed by atoms with van der Waals surface area (Å²) in [4.78, 5) is 22.7. The number of amides is 1. The largest absolute Gasteiger partial charge is 0.465 e. The van der Waals surface area contributed by atoms with E-state index in [1.165, 1.54) is 31.4 Å². The van der Waals surface area contributed by atoms with Crippen molar-refractivity contribution >= 4 is 17.6 Å². The summed E-state index contributed by atoms with van der Waals surface area (Å²) in [5, 5.41) is 11.4. The van der Waals surface area contributed by atoms with Gasteiger partial charge in [-0.2, -0.15) is 13.2 Å². The second-order valence-electron chi connectivity index (χ2n) is 4.57. The summed E-state index contributed by atoms with van der Waals surface area (Å²) in [6.45, 7) is 0.521. The van der Waals surface area contributed by atoms with Crippen molar-refractivity contribution in [2.24, 2.45) is 0 Å². The lowest BCUT2D eigenvalue weighted by molar-refractivity contribution is -0.252. The normalized spacial score (nSPS) is 14.2. The van der Waals surface area contributed by atoms with E-state index in [9.17, 15) is 27.9 Å². The maximum absolute atomic E-state index is 12.4. The predicted molar refractivity (Wildman–Crippen MR) is 67.7 cm³/mol. The smallest absolute Gasteiger partial charge is 0.417 e. The molecule has 0 aromatic heterocycles. The van der Waals surface area contributed by atoms with Gasteiger partial charge in [-0.05, 0) is 31.2 Å². The number of hydrogen-bond acceptors (Lipinski definition) is 4. The minimum atomic E-state index is -4.90. The third-order valence-corrected chi connectivity index (χ3v) is 2.71. The number of anilines is 1. The highest BCUT2D eigenvalue weighted by Crippen LogP contribution is 2.32. The van der Waals surface area contributed by atoms with Gasteiger partial charge in [0, 0.05) is 5.69 Å². The fourth-order valence-corrected chi connectivity index (χ4v) is 1.43. The SMILES string of the molecule is COC(=O)c1ccc(NC(=O)C[C@@](C)(O)C(F)(F)F)cc1. The number of carbonyl (C=O) groups is 2. The fraction of sp³-hybridized carbons (Fsp3) is 0.385. The number of ether oxygens (including phenoxy) is 1. The lowest BCUT2D eigenvalue weighted by atomic mass is 10.0. The topological polar surface area (TPSA) is 75.6 Å². The average Bonchev–Trinajstić information content (AvgIpc) is 2.36. The molecule has 5 nitrogen and oxygen atoms in total. The van der Waals surface area contributed by atoms with Gasteiger partial charge in [-0.3, -0.25) is 4.79 Å². The number of methoxy groups -OCH3 is 1. The maximum Gasteiger partial charge on any atom is 0.417 e. The number of nitrogens with one attached hydrogen (secondary N) is 1. The molecule has 0 spiro atoms. The van der Waals surface area contributed by atoms with E-state index < -0.39 is 30.1 Å². The minimum Gasteiger partial charge on any atom is -0.465 e. The zero-order valence-electron chi connectivity index (χ0n) is 11.3. The van der Waals surface area contributed by atoms with Crippen LogP contribution in [0.1, 0.15) is 23.7 Å². The molecule has 1 rings (SSSR count). The highest BCUT2D eigenvalue weighted by molar-refractivity contribution is 5.93. The molecular formula is C13H14F3NO4. The number of benzene rings is 1. The van der Waals surface area contributed by atoms with Gasteiger partial charge in [-0.15, -0.1) is 0 Å². The Bertz CT molecular complexity index is 523. The lowest BCUT2D eigenvalue weighted by Gasteiger charge is -2.25. The summed E-state index contributed by atoms with van der Waals surface area (Å²) in [5.41, 5.74) is -2.67. The third-order valence-electron chi connectivity index (χ3n) is 2.71. The van der Waals surface area contributed by atoms with Gasteiger partial charge in [0.2, 0.25) is 5.91 Å². The van der Waals surface area contributed by atoms with Crippen LogP contribution >= 0.6 is 0 Å². The Morgan fingerprint density at radius 2 is 1.76 bits per heavy atom. The summed E-state index contributed by atoms with van der Waals surface area (Å²) in [7, 11) is 1.21. The molecule has 1 atom stereocenters. The van der Waals surface area contributed by atoms with Gasteiger partial charge in [0.05, 0.1) is 19.1 Å². The number of esters is 1. The Morgan fingerprint density at radius 1 is 1.24 bits per heavy atom. The van der Waals surface area contributed by atoms with Gasteiger partial charge in [0.25, 0.3) is 0 Å². The van der Waals surface area contributed by atoms with Crippen molar-refractivity contribution in [3.8, 4) is 0 Å². The molecule has 2 N–H and O–H groups in total. The van der Waals surface area contributed by atoms with E-state index in [0.717, 1.165) is 0 Å². The van der Waals surface area contributed by atoms with Crippen LogP contribution in [-0.4, -0.2) is 35.9 Å². The molecule has 0 unspecified atom stereocenters. The Kier molecular flexibility index (Phi) is 4.95. The second kappa shape index (κ2) is 6.13. The number of alkyl halides is 3. The van der Waals surface area contributed by atoms with Crippen LogP contribution in [0.4, 0.5) is 18.9 Å². The van der Waals surface area contributed by atoms with E-state index in [1.807, 2.05) is 0 Å². The van der Waals surface area contributed by atoms with Gasteiger partial charge in [0.1, 0.15) is 0 Å².